The van der Waals surface area contributed by atoms with E-state index in [4.69, 9.17) is 23.2 Å². The molecule has 0 unspecified atom stereocenters. The summed E-state index contributed by atoms with van der Waals surface area (Å²) < 4.78 is 0. The predicted octanol–water partition coefficient (Wildman–Crippen LogP) is 4.65. The van der Waals surface area contributed by atoms with Gasteiger partial charge in [-0.3, -0.25) is 0 Å². The average Bonchev–Trinajstić information content (AvgIpc) is 2.98. The average molecular weight is 323 g/mol. The Bertz CT molecular complexity index is 711. The van der Waals surface area contributed by atoms with Gasteiger partial charge in [0.2, 0.25) is 5.95 Å². The van der Waals surface area contributed by atoms with E-state index in [2.05, 4.69) is 20.3 Å². The summed E-state index contributed by atoms with van der Waals surface area (Å²) in [4.78, 5) is 12.8. The van der Waals surface area contributed by atoms with Crippen molar-refractivity contribution in [2.75, 3.05) is 5.32 Å². The zero-order valence-electron chi connectivity index (χ0n) is 10.0. The maximum absolute atomic E-state index is 6.11. The third-order valence-electron chi connectivity index (χ3n) is 2.51. The van der Waals surface area contributed by atoms with Crippen LogP contribution >= 0.6 is 34.5 Å². The summed E-state index contributed by atoms with van der Waals surface area (Å²) in [6.45, 7) is 0. The molecular formula is C13H8Cl2N4S. The Labute approximate surface area is 129 Å². The Morgan fingerprint density at radius 2 is 1.80 bits per heavy atom. The SMILES string of the molecule is Clc1cccc(Cl)c1Nc1nccc(-c2nccs2)n1. The van der Waals surface area contributed by atoms with Gasteiger partial charge < -0.3 is 5.32 Å². The zero-order valence-corrected chi connectivity index (χ0v) is 12.4. The minimum Gasteiger partial charge on any atom is -0.322 e. The van der Waals surface area contributed by atoms with Crippen LogP contribution in [0, 0.1) is 0 Å². The molecule has 0 radical (unpaired) electrons. The van der Waals surface area contributed by atoms with Crippen LogP contribution in [0.3, 0.4) is 0 Å². The van der Waals surface area contributed by atoms with E-state index in [1.165, 1.54) is 11.3 Å². The normalized spacial score (nSPS) is 10.5. The highest BCUT2D eigenvalue weighted by Crippen LogP contribution is 2.32. The van der Waals surface area contributed by atoms with Crippen molar-refractivity contribution < 1.29 is 0 Å². The molecule has 0 atom stereocenters. The minimum absolute atomic E-state index is 0.424. The lowest BCUT2D eigenvalue weighted by molar-refractivity contribution is 1.16. The maximum atomic E-state index is 6.11. The number of hydrogen-bond donors (Lipinski definition) is 1. The Hall–Kier alpha value is -1.69. The van der Waals surface area contributed by atoms with E-state index in [-0.39, 0.29) is 0 Å². The van der Waals surface area contributed by atoms with Crippen LogP contribution < -0.4 is 5.32 Å². The predicted molar refractivity (Wildman–Crippen MR) is 82.9 cm³/mol. The summed E-state index contributed by atoms with van der Waals surface area (Å²) in [5, 5.41) is 6.80. The number of nitrogens with one attached hydrogen (secondary N) is 1. The van der Waals surface area contributed by atoms with Crippen molar-refractivity contribution in [1.82, 2.24) is 15.0 Å². The summed E-state index contributed by atoms with van der Waals surface area (Å²) in [6.07, 6.45) is 3.40. The monoisotopic (exact) mass is 322 g/mol. The van der Waals surface area contributed by atoms with Gasteiger partial charge >= 0.3 is 0 Å². The molecule has 0 aliphatic carbocycles. The minimum atomic E-state index is 0.424. The molecule has 20 heavy (non-hydrogen) atoms. The Kier molecular flexibility index (Phi) is 3.82. The third-order valence-corrected chi connectivity index (χ3v) is 3.93. The lowest BCUT2D eigenvalue weighted by atomic mass is 10.3. The molecule has 0 aliphatic heterocycles. The number of benzene rings is 1. The standard InChI is InChI=1S/C13H8Cl2N4S/c14-8-2-1-3-9(15)11(8)19-13-17-5-4-10(18-13)12-16-6-7-20-12/h1-7H,(H,17,18,19). The molecule has 3 rings (SSSR count). The summed E-state index contributed by atoms with van der Waals surface area (Å²) >= 11 is 13.7. The molecule has 0 amide bonds. The summed E-state index contributed by atoms with van der Waals surface area (Å²) in [5.74, 6) is 0.424. The molecule has 3 aromatic rings. The van der Waals surface area contributed by atoms with Crippen molar-refractivity contribution in [3.63, 3.8) is 0 Å². The fourth-order valence-corrected chi connectivity index (χ4v) is 2.72. The maximum Gasteiger partial charge on any atom is 0.227 e. The quantitative estimate of drug-likeness (QED) is 0.762. The van der Waals surface area contributed by atoms with Crippen LogP contribution in [-0.4, -0.2) is 15.0 Å². The second-order valence-corrected chi connectivity index (χ2v) is 5.53. The summed E-state index contributed by atoms with van der Waals surface area (Å²) in [5.41, 5.74) is 1.34. The van der Waals surface area contributed by atoms with Crippen molar-refractivity contribution in [1.29, 1.82) is 0 Å². The van der Waals surface area contributed by atoms with Crippen molar-refractivity contribution in [2.24, 2.45) is 0 Å². The highest BCUT2D eigenvalue weighted by Gasteiger charge is 2.09. The van der Waals surface area contributed by atoms with E-state index in [0.29, 0.717) is 21.7 Å². The fourth-order valence-electron chi connectivity index (χ4n) is 1.62. The van der Waals surface area contributed by atoms with Gasteiger partial charge in [-0.1, -0.05) is 29.3 Å². The lowest BCUT2D eigenvalue weighted by Crippen LogP contribution is -1.99. The van der Waals surface area contributed by atoms with Gasteiger partial charge in [0, 0.05) is 17.8 Å². The molecular weight excluding hydrogens is 315 g/mol. The van der Waals surface area contributed by atoms with E-state index in [1.54, 1.807) is 36.7 Å². The van der Waals surface area contributed by atoms with Crippen molar-refractivity contribution in [3.05, 3.63) is 52.1 Å². The fraction of sp³-hybridized carbons (Fsp3) is 0. The van der Waals surface area contributed by atoms with Crippen LogP contribution in [0.15, 0.2) is 42.0 Å². The number of halogens is 2. The molecule has 4 nitrogen and oxygen atoms in total. The molecule has 100 valence electrons. The first-order valence-electron chi connectivity index (χ1n) is 5.68. The molecule has 0 aliphatic rings. The van der Waals surface area contributed by atoms with Gasteiger partial charge in [0.1, 0.15) is 10.7 Å². The van der Waals surface area contributed by atoms with Crippen molar-refractivity contribution >= 4 is 46.2 Å². The first-order chi connectivity index (χ1) is 9.74. The van der Waals surface area contributed by atoms with Crippen LogP contribution in [-0.2, 0) is 0 Å². The number of hydrogen-bond acceptors (Lipinski definition) is 5. The Balaban J connectivity index is 1.94. The van der Waals surface area contributed by atoms with E-state index >= 15 is 0 Å². The number of aromatic nitrogens is 3. The smallest absolute Gasteiger partial charge is 0.227 e. The zero-order chi connectivity index (χ0) is 13.9. The van der Waals surface area contributed by atoms with Crippen LogP contribution in [0.25, 0.3) is 10.7 Å². The highest BCUT2D eigenvalue weighted by atomic mass is 35.5. The highest BCUT2D eigenvalue weighted by molar-refractivity contribution is 7.13. The molecule has 1 N–H and O–H groups in total. The van der Waals surface area contributed by atoms with E-state index in [1.807, 2.05) is 5.38 Å². The van der Waals surface area contributed by atoms with Crippen molar-refractivity contribution in [3.8, 4) is 10.7 Å². The largest absolute Gasteiger partial charge is 0.322 e. The number of nitrogens with zero attached hydrogens (tertiary/aromatic N) is 3. The van der Waals surface area contributed by atoms with E-state index in [0.717, 1.165) is 10.7 Å². The topological polar surface area (TPSA) is 50.7 Å². The number of para-hydroxylation sites is 1. The van der Waals surface area contributed by atoms with Gasteiger partial charge in [-0.25, -0.2) is 15.0 Å². The van der Waals surface area contributed by atoms with E-state index in [9.17, 15) is 0 Å². The Morgan fingerprint density at radius 1 is 1.00 bits per heavy atom. The van der Waals surface area contributed by atoms with Gasteiger partial charge in [0.15, 0.2) is 0 Å². The molecule has 0 saturated heterocycles. The second kappa shape index (κ2) is 5.75. The molecule has 2 heterocycles. The third kappa shape index (κ3) is 2.75. The van der Waals surface area contributed by atoms with Crippen LogP contribution in [0.5, 0.6) is 0 Å². The molecule has 0 bridgehead atoms. The molecule has 0 fully saturated rings. The second-order valence-electron chi connectivity index (χ2n) is 3.82. The van der Waals surface area contributed by atoms with Crippen LogP contribution in [0.4, 0.5) is 11.6 Å². The van der Waals surface area contributed by atoms with Gasteiger partial charge in [-0.15, -0.1) is 11.3 Å². The number of anilines is 2. The van der Waals surface area contributed by atoms with Crippen LogP contribution in [0.1, 0.15) is 0 Å². The van der Waals surface area contributed by atoms with Gasteiger partial charge in [-0.2, -0.15) is 0 Å². The van der Waals surface area contributed by atoms with Gasteiger partial charge in [0.05, 0.1) is 15.7 Å². The van der Waals surface area contributed by atoms with Gasteiger partial charge in [-0.05, 0) is 18.2 Å². The first kappa shape index (κ1) is 13.3. The summed E-state index contributed by atoms with van der Waals surface area (Å²) in [7, 11) is 0. The Morgan fingerprint density at radius 3 is 2.50 bits per heavy atom. The molecule has 7 heteroatoms. The first-order valence-corrected chi connectivity index (χ1v) is 7.31. The number of thiazole rings is 1. The molecule has 0 spiro atoms. The molecule has 1 aromatic carbocycles. The summed E-state index contributed by atoms with van der Waals surface area (Å²) in [6, 6.07) is 7.09. The van der Waals surface area contributed by atoms with E-state index < -0.39 is 0 Å². The molecule has 0 saturated carbocycles. The van der Waals surface area contributed by atoms with Crippen molar-refractivity contribution in [2.45, 2.75) is 0 Å². The lowest BCUT2D eigenvalue weighted by Gasteiger charge is -2.09. The van der Waals surface area contributed by atoms with Gasteiger partial charge in [0.25, 0.3) is 0 Å². The van der Waals surface area contributed by atoms with Crippen LogP contribution in [0.2, 0.25) is 10.0 Å². The molecule has 2 aromatic heterocycles. The number of rotatable bonds is 3.